The fourth-order valence-corrected chi connectivity index (χ4v) is 1.79. The lowest BCUT2D eigenvalue weighted by Crippen LogP contribution is -2.18. The Morgan fingerprint density at radius 2 is 1.95 bits per heavy atom. The highest BCUT2D eigenvalue weighted by atomic mass is 32.1. The second-order valence-corrected chi connectivity index (χ2v) is 4.43. The van der Waals surface area contributed by atoms with Crippen molar-refractivity contribution in [3.63, 3.8) is 0 Å². The molecule has 0 fully saturated rings. The summed E-state index contributed by atoms with van der Waals surface area (Å²) in [7, 11) is 0. The minimum absolute atomic E-state index is 0.0211. The normalized spacial score (nSPS) is 10.6. The second-order valence-electron chi connectivity index (χ2n) is 4.06. The van der Waals surface area contributed by atoms with Gasteiger partial charge in [-0.15, -0.1) is 0 Å². The molecule has 0 atom stereocenters. The average Bonchev–Trinajstić information content (AvgIpc) is 2.47. The molecule has 0 aliphatic heterocycles. The van der Waals surface area contributed by atoms with Crippen molar-refractivity contribution in [3.05, 3.63) is 53.9 Å². The van der Waals surface area contributed by atoms with Crippen LogP contribution in [-0.2, 0) is 6.18 Å². The zero-order chi connectivity index (χ0) is 16.2. The Hall–Kier alpha value is -2.66. The molecule has 1 heterocycles. The minimum Gasteiger partial charge on any atom is -0.432 e. The summed E-state index contributed by atoms with van der Waals surface area (Å²) in [5.41, 5.74) is -1.86. The minimum atomic E-state index is -4.68. The molecular formula is C14H8F3N3OS. The summed E-state index contributed by atoms with van der Waals surface area (Å²) in [6.07, 6.45) is -3.61. The fourth-order valence-electron chi connectivity index (χ4n) is 1.58. The van der Waals surface area contributed by atoms with E-state index < -0.39 is 17.4 Å². The largest absolute Gasteiger partial charge is 0.432 e. The van der Waals surface area contributed by atoms with Crippen molar-refractivity contribution in [1.29, 1.82) is 5.26 Å². The number of alkyl halides is 3. The standard InChI is InChI=1S/C14H8F3N3OS/c15-14(16,17)11-6-9(8-19-12(11)7-18)20-13(22)21-10-4-2-1-3-5-10/h1-6,8H,(H,20,22). The van der Waals surface area contributed by atoms with Gasteiger partial charge in [-0.25, -0.2) is 4.98 Å². The number of pyridine rings is 1. The number of thiocarbonyl (C=S) groups is 1. The van der Waals surface area contributed by atoms with Crippen LogP contribution in [0.2, 0.25) is 0 Å². The van der Waals surface area contributed by atoms with Gasteiger partial charge in [0.1, 0.15) is 11.8 Å². The van der Waals surface area contributed by atoms with Gasteiger partial charge in [0.15, 0.2) is 5.69 Å². The number of rotatable bonds is 2. The summed E-state index contributed by atoms with van der Waals surface area (Å²) in [5.74, 6) is 0.442. The van der Waals surface area contributed by atoms with E-state index in [2.05, 4.69) is 10.3 Å². The van der Waals surface area contributed by atoms with E-state index in [0.717, 1.165) is 12.3 Å². The second kappa shape index (κ2) is 6.41. The Labute approximate surface area is 129 Å². The van der Waals surface area contributed by atoms with Crippen molar-refractivity contribution in [1.82, 2.24) is 4.98 Å². The van der Waals surface area contributed by atoms with E-state index in [1.165, 1.54) is 6.07 Å². The van der Waals surface area contributed by atoms with Gasteiger partial charge in [0.25, 0.3) is 5.17 Å². The van der Waals surface area contributed by atoms with E-state index in [9.17, 15) is 13.2 Å². The lowest BCUT2D eigenvalue weighted by molar-refractivity contribution is -0.138. The van der Waals surface area contributed by atoms with Crippen molar-refractivity contribution in [2.45, 2.75) is 6.18 Å². The van der Waals surface area contributed by atoms with Gasteiger partial charge in [0, 0.05) is 0 Å². The summed E-state index contributed by atoms with van der Waals surface area (Å²) in [4.78, 5) is 3.46. The Kier molecular flexibility index (Phi) is 4.58. The molecular weight excluding hydrogens is 315 g/mol. The Bertz CT molecular complexity index is 726. The molecule has 112 valence electrons. The van der Waals surface area contributed by atoms with Crippen LogP contribution in [-0.4, -0.2) is 10.2 Å². The van der Waals surface area contributed by atoms with Crippen molar-refractivity contribution in [2.75, 3.05) is 5.32 Å². The zero-order valence-electron chi connectivity index (χ0n) is 10.9. The number of ether oxygens (including phenoxy) is 1. The van der Waals surface area contributed by atoms with E-state index in [4.69, 9.17) is 22.2 Å². The van der Waals surface area contributed by atoms with Crippen LogP contribution < -0.4 is 10.1 Å². The molecule has 0 aliphatic rings. The highest BCUT2D eigenvalue weighted by Gasteiger charge is 2.34. The molecule has 1 aromatic heterocycles. The lowest BCUT2D eigenvalue weighted by atomic mass is 10.2. The third-order valence-electron chi connectivity index (χ3n) is 2.50. The summed E-state index contributed by atoms with van der Waals surface area (Å²) in [5, 5.41) is 11.0. The van der Waals surface area contributed by atoms with Gasteiger partial charge in [0.2, 0.25) is 0 Å². The molecule has 0 unspecified atom stereocenters. The number of hydrogen-bond donors (Lipinski definition) is 1. The molecule has 1 N–H and O–H groups in total. The highest BCUT2D eigenvalue weighted by Crippen LogP contribution is 2.32. The summed E-state index contributed by atoms with van der Waals surface area (Å²) < 4.78 is 43.7. The maximum Gasteiger partial charge on any atom is 0.419 e. The van der Waals surface area contributed by atoms with Gasteiger partial charge < -0.3 is 10.1 Å². The van der Waals surface area contributed by atoms with Crippen LogP contribution in [0.1, 0.15) is 11.3 Å². The van der Waals surface area contributed by atoms with Gasteiger partial charge in [-0.2, -0.15) is 18.4 Å². The fraction of sp³-hybridized carbons (Fsp3) is 0.0714. The van der Waals surface area contributed by atoms with Gasteiger partial charge >= 0.3 is 6.18 Å². The molecule has 2 rings (SSSR count). The molecule has 0 saturated carbocycles. The van der Waals surface area contributed by atoms with E-state index in [-0.39, 0.29) is 10.9 Å². The number of halogens is 3. The smallest absolute Gasteiger partial charge is 0.419 e. The maximum atomic E-state index is 12.8. The zero-order valence-corrected chi connectivity index (χ0v) is 11.7. The summed E-state index contributed by atoms with van der Waals surface area (Å²) >= 11 is 4.91. The number of anilines is 1. The van der Waals surface area contributed by atoms with Crippen LogP contribution in [0, 0.1) is 11.3 Å². The predicted octanol–water partition coefficient (Wildman–Crippen LogP) is 3.75. The van der Waals surface area contributed by atoms with Gasteiger partial charge in [-0.1, -0.05) is 18.2 Å². The molecule has 0 amide bonds. The number of aromatic nitrogens is 1. The molecule has 1 aromatic carbocycles. The number of benzene rings is 1. The quantitative estimate of drug-likeness (QED) is 0.853. The first-order valence-corrected chi connectivity index (χ1v) is 6.32. The first kappa shape index (κ1) is 15.7. The molecule has 0 bridgehead atoms. The van der Waals surface area contributed by atoms with Crippen LogP contribution in [0.5, 0.6) is 5.75 Å². The summed E-state index contributed by atoms with van der Waals surface area (Å²) in [6.45, 7) is 0. The third kappa shape index (κ3) is 3.93. The Balaban J connectivity index is 2.17. The number of para-hydroxylation sites is 1. The average molecular weight is 323 g/mol. The first-order valence-electron chi connectivity index (χ1n) is 5.91. The molecule has 0 radical (unpaired) electrons. The van der Waals surface area contributed by atoms with Crippen LogP contribution in [0.25, 0.3) is 0 Å². The monoisotopic (exact) mass is 323 g/mol. The van der Waals surface area contributed by atoms with Crippen molar-refractivity contribution in [3.8, 4) is 11.8 Å². The van der Waals surface area contributed by atoms with Crippen LogP contribution in [0.3, 0.4) is 0 Å². The molecule has 0 spiro atoms. The number of hydrogen-bond acceptors (Lipinski definition) is 4. The van der Waals surface area contributed by atoms with Gasteiger partial charge in [-0.3, -0.25) is 0 Å². The predicted molar refractivity (Wildman–Crippen MR) is 77.2 cm³/mol. The molecule has 8 heteroatoms. The van der Waals surface area contributed by atoms with Gasteiger partial charge in [0.05, 0.1) is 17.4 Å². The molecule has 2 aromatic rings. The van der Waals surface area contributed by atoms with Crippen LogP contribution in [0.4, 0.5) is 18.9 Å². The van der Waals surface area contributed by atoms with Crippen molar-refractivity contribution >= 4 is 23.1 Å². The Morgan fingerprint density at radius 1 is 1.27 bits per heavy atom. The van der Waals surface area contributed by atoms with Crippen molar-refractivity contribution < 1.29 is 17.9 Å². The molecule has 0 aliphatic carbocycles. The lowest BCUT2D eigenvalue weighted by Gasteiger charge is -2.12. The molecule has 22 heavy (non-hydrogen) atoms. The highest BCUT2D eigenvalue weighted by molar-refractivity contribution is 7.80. The van der Waals surface area contributed by atoms with Crippen LogP contribution in [0.15, 0.2) is 42.6 Å². The van der Waals surface area contributed by atoms with Crippen LogP contribution >= 0.6 is 12.2 Å². The van der Waals surface area contributed by atoms with E-state index in [1.807, 2.05) is 0 Å². The number of nitrogens with one attached hydrogen (secondary N) is 1. The Morgan fingerprint density at radius 3 is 2.55 bits per heavy atom. The van der Waals surface area contributed by atoms with E-state index in [1.54, 1.807) is 30.3 Å². The first-order chi connectivity index (χ1) is 10.4. The maximum absolute atomic E-state index is 12.8. The SMILES string of the molecule is N#Cc1ncc(NC(=S)Oc2ccccc2)cc1C(F)(F)F. The van der Waals surface area contributed by atoms with Gasteiger partial charge in [-0.05, 0) is 30.4 Å². The van der Waals surface area contributed by atoms with Crippen molar-refractivity contribution in [2.24, 2.45) is 0 Å². The molecule has 4 nitrogen and oxygen atoms in total. The third-order valence-corrected chi connectivity index (χ3v) is 2.68. The van der Waals surface area contributed by atoms with E-state index >= 15 is 0 Å². The molecule has 0 saturated heterocycles. The van der Waals surface area contributed by atoms with E-state index in [0.29, 0.717) is 5.75 Å². The topological polar surface area (TPSA) is 57.9 Å². The summed E-state index contributed by atoms with van der Waals surface area (Å²) in [6, 6.07) is 10.7. The number of nitrogens with zero attached hydrogens (tertiary/aromatic N) is 2. The number of nitriles is 1.